The molecule has 0 radical (unpaired) electrons. The zero-order chi connectivity index (χ0) is 18.3. The van der Waals surface area contributed by atoms with E-state index < -0.39 is 9.84 Å². The minimum absolute atomic E-state index is 0.0892. The van der Waals surface area contributed by atoms with Crippen LogP contribution in [0.5, 0.6) is 0 Å². The molecule has 1 atom stereocenters. The number of sulfone groups is 1. The Bertz CT molecular complexity index is 694. The Morgan fingerprint density at radius 3 is 2.40 bits per heavy atom. The molecular formula is C21H33NO2S. The number of benzene rings is 1. The molecule has 1 unspecified atom stereocenters. The van der Waals surface area contributed by atoms with E-state index in [1.807, 2.05) is 0 Å². The van der Waals surface area contributed by atoms with Crippen molar-refractivity contribution in [2.75, 3.05) is 31.1 Å². The average Bonchev–Trinajstić information content (AvgIpc) is 2.89. The van der Waals surface area contributed by atoms with Gasteiger partial charge in [0.2, 0.25) is 0 Å². The lowest BCUT2D eigenvalue weighted by atomic mass is 9.82. The number of rotatable bonds is 6. The Hall–Kier alpha value is -0.870. The van der Waals surface area contributed by atoms with Gasteiger partial charge in [0.1, 0.15) is 0 Å². The van der Waals surface area contributed by atoms with E-state index in [2.05, 4.69) is 56.9 Å². The summed E-state index contributed by atoms with van der Waals surface area (Å²) in [5, 5.41) is 0. The SMILES string of the molecule is CCC(C)(C)c1ccc(CC(C)CN2CCC3(C2)CS(=O)(=O)C3)cc1. The highest BCUT2D eigenvalue weighted by Gasteiger charge is 2.51. The van der Waals surface area contributed by atoms with Crippen LogP contribution in [-0.4, -0.2) is 44.5 Å². The molecule has 2 heterocycles. The van der Waals surface area contributed by atoms with Crippen molar-refractivity contribution >= 4 is 9.84 Å². The van der Waals surface area contributed by atoms with Gasteiger partial charge in [0.15, 0.2) is 9.84 Å². The average molecular weight is 364 g/mol. The third-order valence-electron chi connectivity index (χ3n) is 6.34. The van der Waals surface area contributed by atoms with E-state index in [1.165, 1.54) is 11.1 Å². The molecule has 0 aromatic heterocycles. The maximum Gasteiger partial charge on any atom is 0.151 e. The largest absolute Gasteiger partial charge is 0.302 e. The van der Waals surface area contributed by atoms with Crippen LogP contribution in [0.4, 0.5) is 0 Å². The van der Waals surface area contributed by atoms with Crippen molar-refractivity contribution in [3.63, 3.8) is 0 Å². The molecule has 4 heteroatoms. The molecule has 0 amide bonds. The van der Waals surface area contributed by atoms with Gasteiger partial charge in [-0.05, 0) is 48.3 Å². The number of likely N-dealkylation sites (tertiary alicyclic amines) is 1. The summed E-state index contributed by atoms with van der Waals surface area (Å²) in [5.74, 6) is 1.43. The van der Waals surface area contributed by atoms with Gasteiger partial charge in [-0.3, -0.25) is 0 Å². The maximum atomic E-state index is 11.5. The van der Waals surface area contributed by atoms with Crippen molar-refractivity contribution < 1.29 is 8.42 Å². The number of hydrogen-bond donors (Lipinski definition) is 0. The Balaban J connectivity index is 1.51. The molecule has 25 heavy (non-hydrogen) atoms. The van der Waals surface area contributed by atoms with Crippen molar-refractivity contribution in [1.29, 1.82) is 0 Å². The van der Waals surface area contributed by atoms with E-state index in [0.717, 1.165) is 38.9 Å². The van der Waals surface area contributed by atoms with Gasteiger partial charge in [0, 0.05) is 18.5 Å². The normalized spacial score (nSPS) is 23.5. The van der Waals surface area contributed by atoms with Gasteiger partial charge in [-0.25, -0.2) is 8.42 Å². The highest BCUT2D eigenvalue weighted by molar-refractivity contribution is 7.92. The first-order valence-corrected chi connectivity index (χ1v) is 11.5. The molecule has 2 fully saturated rings. The minimum atomic E-state index is -2.72. The fourth-order valence-corrected chi connectivity index (χ4v) is 6.77. The van der Waals surface area contributed by atoms with Crippen molar-refractivity contribution in [2.45, 2.75) is 52.4 Å². The standard InChI is InChI=1S/C21H33NO2S/c1-5-20(3,4)19-8-6-18(7-9-19)12-17(2)13-22-11-10-21(14-22)15-25(23,24)16-21/h6-9,17H,5,10-16H2,1-4H3. The van der Waals surface area contributed by atoms with Crippen LogP contribution < -0.4 is 0 Å². The number of hydrogen-bond acceptors (Lipinski definition) is 3. The van der Waals surface area contributed by atoms with Crippen molar-refractivity contribution in [2.24, 2.45) is 11.3 Å². The predicted molar refractivity (Wildman–Crippen MR) is 105 cm³/mol. The first kappa shape index (κ1) is 18.9. The molecule has 2 saturated heterocycles. The Kier molecular flexibility index (Phi) is 5.06. The van der Waals surface area contributed by atoms with E-state index in [1.54, 1.807) is 0 Å². The van der Waals surface area contributed by atoms with Gasteiger partial charge in [0.05, 0.1) is 11.5 Å². The topological polar surface area (TPSA) is 37.4 Å². The fourth-order valence-electron chi connectivity index (χ4n) is 4.51. The summed E-state index contributed by atoms with van der Waals surface area (Å²) >= 11 is 0. The Labute approximate surface area is 153 Å². The molecule has 140 valence electrons. The lowest BCUT2D eigenvalue weighted by Crippen LogP contribution is -2.50. The summed E-state index contributed by atoms with van der Waals surface area (Å²) in [7, 11) is -2.72. The predicted octanol–water partition coefficient (Wildman–Crippen LogP) is 3.67. The van der Waals surface area contributed by atoms with E-state index >= 15 is 0 Å². The Morgan fingerprint density at radius 2 is 1.84 bits per heavy atom. The van der Waals surface area contributed by atoms with E-state index in [0.29, 0.717) is 17.4 Å². The molecule has 0 saturated carbocycles. The zero-order valence-corrected chi connectivity index (χ0v) is 17.0. The second-order valence-corrected chi connectivity index (χ2v) is 11.3. The molecule has 2 aliphatic heterocycles. The lowest BCUT2D eigenvalue weighted by molar-refractivity contribution is 0.249. The highest BCUT2D eigenvalue weighted by atomic mass is 32.2. The third kappa shape index (κ3) is 4.28. The van der Waals surface area contributed by atoms with Crippen LogP contribution in [0.2, 0.25) is 0 Å². The molecule has 1 aromatic rings. The first-order valence-electron chi connectivity index (χ1n) is 9.65. The number of nitrogens with zero attached hydrogens (tertiary/aromatic N) is 1. The van der Waals surface area contributed by atoms with Gasteiger partial charge < -0.3 is 4.90 Å². The van der Waals surface area contributed by atoms with E-state index in [-0.39, 0.29) is 10.8 Å². The van der Waals surface area contributed by atoms with Crippen LogP contribution in [0.25, 0.3) is 0 Å². The second kappa shape index (κ2) is 6.70. The van der Waals surface area contributed by atoms with Crippen LogP contribution in [0.15, 0.2) is 24.3 Å². The molecular weight excluding hydrogens is 330 g/mol. The van der Waals surface area contributed by atoms with Crippen LogP contribution in [0.1, 0.15) is 51.7 Å². The smallest absolute Gasteiger partial charge is 0.151 e. The molecule has 3 rings (SSSR count). The van der Waals surface area contributed by atoms with E-state index in [4.69, 9.17) is 0 Å². The molecule has 3 nitrogen and oxygen atoms in total. The van der Waals surface area contributed by atoms with Crippen LogP contribution in [-0.2, 0) is 21.7 Å². The molecule has 0 bridgehead atoms. The zero-order valence-electron chi connectivity index (χ0n) is 16.2. The first-order chi connectivity index (χ1) is 11.6. The van der Waals surface area contributed by atoms with Gasteiger partial charge >= 0.3 is 0 Å². The summed E-state index contributed by atoms with van der Waals surface area (Å²) in [5.41, 5.74) is 3.16. The molecule has 0 N–H and O–H groups in total. The van der Waals surface area contributed by atoms with Crippen molar-refractivity contribution in [3.8, 4) is 0 Å². The van der Waals surface area contributed by atoms with Crippen LogP contribution in [0, 0.1) is 11.3 Å². The molecule has 0 aliphatic carbocycles. The van der Waals surface area contributed by atoms with Crippen molar-refractivity contribution in [1.82, 2.24) is 4.90 Å². The lowest BCUT2D eigenvalue weighted by Gasteiger charge is -2.37. The van der Waals surface area contributed by atoms with E-state index in [9.17, 15) is 8.42 Å². The highest BCUT2D eigenvalue weighted by Crippen LogP contribution is 2.41. The van der Waals surface area contributed by atoms with Gasteiger partial charge in [-0.2, -0.15) is 0 Å². The van der Waals surface area contributed by atoms with Gasteiger partial charge in [-0.1, -0.05) is 52.0 Å². The van der Waals surface area contributed by atoms with Crippen LogP contribution >= 0.6 is 0 Å². The molecule has 1 aromatic carbocycles. The molecule has 2 aliphatic rings. The quantitative estimate of drug-likeness (QED) is 0.774. The minimum Gasteiger partial charge on any atom is -0.302 e. The summed E-state index contributed by atoms with van der Waals surface area (Å²) in [6, 6.07) is 9.14. The second-order valence-electron chi connectivity index (χ2n) is 9.26. The summed E-state index contributed by atoms with van der Waals surface area (Å²) < 4.78 is 23.0. The summed E-state index contributed by atoms with van der Waals surface area (Å²) in [6.07, 6.45) is 3.30. The third-order valence-corrected chi connectivity index (χ3v) is 8.45. The molecule has 1 spiro atoms. The summed E-state index contributed by atoms with van der Waals surface area (Å²) in [4.78, 5) is 2.48. The summed E-state index contributed by atoms with van der Waals surface area (Å²) in [6.45, 7) is 12.3. The fraction of sp³-hybridized carbons (Fsp3) is 0.714. The van der Waals surface area contributed by atoms with Gasteiger partial charge in [0.25, 0.3) is 0 Å². The Morgan fingerprint density at radius 1 is 1.20 bits per heavy atom. The van der Waals surface area contributed by atoms with Gasteiger partial charge in [-0.15, -0.1) is 0 Å². The van der Waals surface area contributed by atoms with Crippen molar-refractivity contribution in [3.05, 3.63) is 35.4 Å². The van der Waals surface area contributed by atoms with Crippen LogP contribution in [0.3, 0.4) is 0 Å². The monoisotopic (exact) mass is 363 g/mol. The maximum absolute atomic E-state index is 11.5.